The maximum atomic E-state index is 5.03. The number of rotatable bonds is 1. The third kappa shape index (κ3) is 1.04. The van der Waals surface area contributed by atoms with Crippen LogP contribution in [0.15, 0.2) is 24.3 Å². The van der Waals surface area contributed by atoms with E-state index < -0.39 is 0 Å². The van der Waals surface area contributed by atoms with Gasteiger partial charge in [-0.3, -0.25) is 0 Å². The number of fused-ring (bicyclic) bond motifs is 1. The van der Waals surface area contributed by atoms with Crippen LogP contribution in [-0.2, 0) is 0 Å². The Kier molecular flexibility index (Phi) is 1.52. The molecule has 0 bridgehead atoms. The number of nitrogens with two attached hydrogens (primary N) is 1. The highest BCUT2D eigenvalue weighted by molar-refractivity contribution is 5.81. The standard InChI is InChI=1S/C9H10N2O/c1-6-4-7-2-3-8(12-10)5-9(7)11-6/h2-5,11H,10H2,1H3. The van der Waals surface area contributed by atoms with Crippen molar-refractivity contribution in [1.29, 1.82) is 0 Å². The van der Waals surface area contributed by atoms with Crippen LogP contribution in [0, 0.1) is 6.92 Å². The molecule has 1 aromatic carbocycles. The molecule has 0 fully saturated rings. The van der Waals surface area contributed by atoms with Gasteiger partial charge in [-0.1, -0.05) is 0 Å². The van der Waals surface area contributed by atoms with Gasteiger partial charge in [-0.25, -0.2) is 0 Å². The summed E-state index contributed by atoms with van der Waals surface area (Å²) < 4.78 is 0. The Hall–Kier alpha value is -1.48. The minimum absolute atomic E-state index is 0.671. The molecule has 3 heteroatoms. The molecular formula is C9H10N2O. The fourth-order valence-corrected chi connectivity index (χ4v) is 1.32. The van der Waals surface area contributed by atoms with Crippen LogP contribution in [0.1, 0.15) is 5.69 Å². The van der Waals surface area contributed by atoms with Crippen molar-refractivity contribution < 1.29 is 4.84 Å². The molecule has 3 N–H and O–H groups in total. The lowest BCUT2D eigenvalue weighted by atomic mass is 10.2. The van der Waals surface area contributed by atoms with Gasteiger partial charge < -0.3 is 9.82 Å². The average Bonchev–Trinajstić information content (AvgIpc) is 2.43. The molecule has 3 nitrogen and oxygen atoms in total. The fraction of sp³-hybridized carbons (Fsp3) is 0.111. The van der Waals surface area contributed by atoms with Crippen molar-refractivity contribution >= 4 is 10.9 Å². The summed E-state index contributed by atoms with van der Waals surface area (Å²) in [5.74, 6) is 5.70. The van der Waals surface area contributed by atoms with Gasteiger partial charge in [0.25, 0.3) is 0 Å². The Morgan fingerprint density at radius 2 is 2.17 bits per heavy atom. The van der Waals surface area contributed by atoms with Crippen LogP contribution in [0.5, 0.6) is 5.75 Å². The monoisotopic (exact) mass is 162 g/mol. The molecule has 0 aliphatic heterocycles. The molecule has 2 rings (SSSR count). The van der Waals surface area contributed by atoms with E-state index in [9.17, 15) is 0 Å². The number of aryl methyl sites for hydroxylation is 1. The summed E-state index contributed by atoms with van der Waals surface area (Å²) in [4.78, 5) is 7.81. The van der Waals surface area contributed by atoms with E-state index in [-0.39, 0.29) is 0 Å². The van der Waals surface area contributed by atoms with Gasteiger partial charge in [0.15, 0.2) is 0 Å². The lowest BCUT2D eigenvalue weighted by Gasteiger charge is -1.96. The van der Waals surface area contributed by atoms with Crippen LogP contribution in [0.25, 0.3) is 10.9 Å². The highest BCUT2D eigenvalue weighted by atomic mass is 16.6. The van der Waals surface area contributed by atoms with Crippen LogP contribution < -0.4 is 10.7 Å². The second-order valence-corrected chi connectivity index (χ2v) is 2.82. The molecule has 0 saturated carbocycles. The molecule has 0 saturated heterocycles. The van der Waals surface area contributed by atoms with E-state index in [0.717, 1.165) is 11.2 Å². The van der Waals surface area contributed by atoms with Crippen LogP contribution in [0.3, 0.4) is 0 Å². The molecule has 12 heavy (non-hydrogen) atoms. The smallest absolute Gasteiger partial charge is 0.148 e. The molecule has 0 aliphatic carbocycles. The second kappa shape index (κ2) is 2.53. The van der Waals surface area contributed by atoms with Gasteiger partial charge in [-0.15, -0.1) is 0 Å². The SMILES string of the molecule is Cc1cc2ccc(ON)cc2[nH]1. The van der Waals surface area contributed by atoms with Crippen molar-refractivity contribution in [1.82, 2.24) is 4.98 Å². The van der Waals surface area contributed by atoms with Gasteiger partial charge in [-0.05, 0) is 30.5 Å². The third-order valence-corrected chi connectivity index (χ3v) is 1.86. The number of H-pyrrole nitrogens is 1. The fourth-order valence-electron chi connectivity index (χ4n) is 1.32. The molecule has 62 valence electrons. The first-order valence-corrected chi connectivity index (χ1v) is 3.76. The summed E-state index contributed by atoms with van der Waals surface area (Å²) in [5, 5.41) is 1.17. The average molecular weight is 162 g/mol. The minimum Gasteiger partial charge on any atom is -0.411 e. The summed E-state index contributed by atoms with van der Waals surface area (Å²) in [6, 6.07) is 7.77. The molecule has 1 heterocycles. The molecule has 0 radical (unpaired) electrons. The van der Waals surface area contributed by atoms with E-state index in [1.54, 1.807) is 0 Å². The van der Waals surface area contributed by atoms with E-state index in [1.807, 2.05) is 25.1 Å². The van der Waals surface area contributed by atoms with E-state index in [4.69, 9.17) is 5.90 Å². The highest BCUT2D eigenvalue weighted by Crippen LogP contribution is 2.20. The largest absolute Gasteiger partial charge is 0.411 e. The predicted molar refractivity (Wildman–Crippen MR) is 47.9 cm³/mol. The normalized spacial score (nSPS) is 10.5. The summed E-state index contributed by atoms with van der Waals surface area (Å²) in [6.45, 7) is 2.02. The molecule has 1 aromatic heterocycles. The summed E-state index contributed by atoms with van der Waals surface area (Å²) in [5.41, 5.74) is 2.19. The summed E-state index contributed by atoms with van der Waals surface area (Å²) in [7, 11) is 0. The number of nitrogens with one attached hydrogen (secondary N) is 1. The zero-order chi connectivity index (χ0) is 8.55. The Balaban J connectivity index is 2.66. The van der Waals surface area contributed by atoms with Gasteiger partial charge in [0.05, 0.1) is 0 Å². The van der Waals surface area contributed by atoms with Gasteiger partial charge in [0.2, 0.25) is 0 Å². The number of hydrogen-bond acceptors (Lipinski definition) is 2. The molecule has 0 unspecified atom stereocenters. The second-order valence-electron chi connectivity index (χ2n) is 2.82. The number of benzene rings is 1. The number of aromatic amines is 1. The Morgan fingerprint density at radius 3 is 2.92 bits per heavy atom. The maximum absolute atomic E-state index is 5.03. The lowest BCUT2D eigenvalue weighted by molar-refractivity contribution is 0.335. The first-order chi connectivity index (χ1) is 5.79. The summed E-state index contributed by atoms with van der Waals surface area (Å²) >= 11 is 0. The Morgan fingerprint density at radius 1 is 1.33 bits per heavy atom. The van der Waals surface area contributed by atoms with Crippen LogP contribution >= 0.6 is 0 Å². The topological polar surface area (TPSA) is 51.0 Å². The van der Waals surface area contributed by atoms with Gasteiger partial charge in [0, 0.05) is 17.3 Å². The van der Waals surface area contributed by atoms with Crippen LogP contribution in [0.2, 0.25) is 0 Å². The predicted octanol–water partition coefficient (Wildman–Crippen LogP) is 1.73. The quantitative estimate of drug-likeness (QED) is 0.627. The van der Waals surface area contributed by atoms with Gasteiger partial charge in [0.1, 0.15) is 5.75 Å². The molecule has 2 aromatic rings. The van der Waals surface area contributed by atoms with Crippen molar-refractivity contribution in [2.75, 3.05) is 0 Å². The van der Waals surface area contributed by atoms with E-state index in [1.165, 1.54) is 5.39 Å². The van der Waals surface area contributed by atoms with Crippen molar-refractivity contribution in [2.24, 2.45) is 5.90 Å². The van der Waals surface area contributed by atoms with Gasteiger partial charge >= 0.3 is 0 Å². The molecule has 0 amide bonds. The van der Waals surface area contributed by atoms with Crippen LogP contribution in [0.4, 0.5) is 0 Å². The maximum Gasteiger partial charge on any atom is 0.148 e. The third-order valence-electron chi connectivity index (χ3n) is 1.86. The van der Waals surface area contributed by atoms with Crippen molar-refractivity contribution in [3.8, 4) is 5.75 Å². The number of aromatic nitrogens is 1. The Labute approximate surface area is 70.1 Å². The Bertz CT molecular complexity index is 406. The van der Waals surface area contributed by atoms with Gasteiger partial charge in [-0.2, -0.15) is 5.90 Å². The summed E-state index contributed by atoms with van der Waals surface area (Å²) in [6.07, 6.45) is 0. The zero-order valence-electron chi connectivity index (χ0n) is 6.79. The first kappa shape index (κ1) is 7.18. The molecule has 0 atom stereocenters. The lowest BCUT2D eigenvalue weighted by Crippen LogP contribution is -2.00. The molecule has 0 aliphatic rings. The van der Waals surface area contributed by atoms with E-state index in [2.05, 4.69) is 15.9 Å². The van der Waals surface area contributed by atoms with E-state index in [0.29, 0.717) is 5.75 Å². The first-order valence-electron chi connectivity index (χ1n) is 3.76. The van der Waals surface area contributed by atoms with Crippen molar-refractivity contribution in [3.05, 3.63) is 30.0 Å². The van der Waals surface area contributed by atoms with Crippen molar-refractivity contribution in [3.63, 3.8) is 0 Å². The van der Waals surface area contributed by atoms with Crippen molar-refractivity contribution in [2.45, 2.75) is 6.92 Å². The van der Waals surface area contributed by atoms with Crippen LogP contribution in [-0.4, -0.2) is 4.98 Å². The zero-order valence-corrected chi connectivity index (χ0v) is 6.79. The molecule has 0 spiro atoms. The molecular weight excluding hydrogens is 152 g/mol. The highest BCUT2D eigenvalue weighted by Gasteiger charge is 1.98. The van der Waals surface area contributed by atoms with E-state index >= 15 is 0 Å². The number of hydrogen-bond donors (Lipinski definition) is 2. The minimum atomic E-state index is 0.671.